The lowest BCUT2D eigenvalue weighted by Crippen LogP contribution is -2.22. The summed E-state index contributed by atoms with van der Waals surface area (Å²) in [4.78, 5) is 12.2. The second kappa shape index (κ2) is 7.29. The van der Waals surface area contributed by atoms with Crippen molar-refractivity contribution in [2.75, 3.05) is 0 Å². The molecule has 2 rings (SSSR count). The summed E-state index contributed by atoms with van der Waals surface area (Å²) in [6.07, 6.45) is 2.21. The Balaban J connectivity index is 0.000000362. The van der Waals surface area contributed by atoms with Crippen LogP contribution in [0.1, 0.15) is 0 Å². The van der Waals surface area contributed by atoms with Crippen LogP contribution in [0.4, 0.5) is 4.39 Å². The normalized spacial score (nSPS) is 8.78. The van der Waals surface area contributed by atoms with Crippen molar-refractivity contribution in [3.05, 3.63) is 36.3 Å². The highest BCUT2D eigenvalue weighted by Gasteiger charge is 1.97. The largest absolute Gasteiger partial charge is 0.370 e. The minimum Gasteiger partial charge on any atom is -0.370 e. The number of hydrogen-bond acceptors (Lipinski definition) is 1. The van der Waals surface area contributed by atoms with Gasteiger partial charge in [0, 0.05) is 24.1 Å². The lowest BCUT2D eigenvalue weighted by atomic mass is 10.2. The molecule has 0 atom stereocenters. The molecule has 4 N–H and O–H groups in total. The van der Waals surface area contributed by atoms with Crippen LogP contribution in [0, 0.1) is 5.82 Å². The molecule has 0 unspecified atom stereocenters. The number of carbonyl (C=O) groups excluding carboxylic acids is 1. The lowest BCUT2D eigenvalue weighted by molar-refractivity contribution is -0.106. The number of benzene rings is 1. The zero-order valence-corrected chi connectivity index (χ0v) is 10.5. The first kappa shape index (κ1) is 15.9. The fraction of sp³-hybridized carbons (Fsp3) is 0.0909. The number of fused-ring (bicyclic) bond motifs is 1. The van der Waals surface area contributed by atoms with Gasteiger partial charge in [0.05, 0.1) is 0 Å². The smallest absolute Gasteiger partial charge is 0.236 e. The van der Waals surface area contributed by atoms with E-state index in [1.807, 2.05) is 23.9 Å². The molecular formula is C11H14ClFN4O. The van der Waals surface area contributed by atoms with Crippen molar-refractivity contribution in [2.24, 2.45) is 23.5 Å². The first-order chi connectivity index (χ1) is 8.04. The molecule has 0 aliphatic heterocycles. The van der Waals surface area contributed by atoms with Gasteiger partial charge in [0.15, 0.2) is 5.96 Å². The third-order valence-electron chi connectivity index (χ3n) is 2.05. The van der Waals surface area contributed by atoms with E-state index in [9.17, 15) is 9.18 Å². The highest BCUT2D eigenvalue weighted by atomic mass is 35.5. The van der Waals surface area contributed by atoms with E-state index in [-0.39, 0.29) is 30.6 Å². The Bertz CT molecular complexity index is 549. The molecule has 2 aromatic rings. The van der Waals surface area contributed by atoms with Gasteiger partial charge in [-0.1, -0.05) is 0 Å². The SMILES string of the molecule is Cl.Cn1ccc2cc(F)ccc21.NC(N)=NC=O. The van der Waals surface area contributed by atoms with Gasteiger partial charge in [-0.25, -0.2) is 4.39 Å². The number of rotatable bonds is 1. The standard InChI is InChI=1S/C9H8FN.C2H5N3O.ClH/c1-11-5-4-7-6-8(10)2-3-9(7)11;3-2(4)5-1-6;/h2-6H,1H3;1H,(H4,3,4,5,6);1H. The van der Waals surface area contributed by atoms with E-state index in [1.54, 1.807) is 6.07 Å². The number of nitrogens with two attached hydrogens (primary N) is 2. The minimum absolute atomic E-state index is 0. The topological polar surface area (TPSA) is 86.4 Å². The fourth-order valence-corrected chi connectivity index (χ4v) is 1.31. The summed E-state index contributed by atoms with van der Waals surface area (Å²) in [6, 6.07) is 6.70. The van der Waals surface area contributed by atoms with Gasteiger partial charge in [-0.15, -0.1) is 12.4 Å². The highest BCUT2D eigenvalue weighted by molar-refractivity contribution is 5.85. The minimum atomic E-state index is -0.204. The van der Waals surface area contributed by atoms with E-state index < -0.39 is 0 Å². The quantitative estimate of drug-likeness (QED) is 0.464. The number of amides is 1. The predicted octanol–water partition coefficient (Wildman–Crippen LogP) is 1.16. The Morgan fingerprint density at radius 3 is 2.56 bits per heavy atom. The third-order valence-corrected chi connectivity index (χ3v) is 2.05. The number of carbonyl (C=O) groups is 1. The van der Waals surface area contributed by atoms with Gasteiger partial charge in [-0.2, -0.15) is 4.99 Å². The number of halogens is 2. The van der Waals surface area contributed by atoms with Crippen molar-refractivity contribution in [1.29, 1.82) is 0 Å². The molecule has 0 aliphatic rings. The zero-order valence-electron chi connectivity index (χ0n) is 9.71. The van der Waals surface area contributed by atoms with Crippen LogP contribution in [0.2, 0.25) is 0 Å². The molecule has 1 aromatic carbocycles. The van der Waals surface area contributed by atoms with E-state index in [1.165, 1.54) is 12.1 Å². The van der Waals surface area contributed by atoms with Crippen molar-refractivity contribution in [3.8, 4) is 0 Å². The third kappa shape index (κ3) is 4.42. The first-order valence-electron chi connectivity index (χ1n) is 4.77. The average molecular weight is 273 g/mol. The number of nitrogens with zero attached hydrogens (tertiary/aromatic N) is 2. The van der Waals surface area contributed by atoms with E-state index in [4.69, 9.17) is 11.5 Å². The molecule has 0 saturated heterocycles. The van der Waals surface area contributed by atoms with Crippen LogP contribution in [0.3, 0.4) is 0 Å². The van der Waals surface area contributed by atoms with Crippen molar-refractivity contribution in [1.82, 2.24) is 4.57 Å². The van der Waals surface area contributed by atoms with Gasteiger partial charge < -0.3 is 16.0 Å². The molecule has 0 radical (unpaired) electrons. The highest BCUT2D eigenvalue weighted by Crippen LogP contribution is 2.15. The van der Waals surface area contributed by atoms with Gasteiger partial charge in [-0.05, 0) is 24.3 Å². The molecule has 1 aromatic heterocycles. The van der Waals surface area contributed by atoms with Crippen molar-refractivity contribution >= 4 is 35.7 Å². The lowest BCUT2D eigenvalue weighted by Gasteiger charge is -1.94. The maximum absolute atomic E-state index is 12.6. The summed E-state index contributed by atoms with van der Waals surface area (Å²) in [5, 5.41) is 0.951. The molecule has 0 bridgehead atoms. The maximum atomic E-state index is 12.6. The fourth-order valence-electron chi connectivity index (χ4n) is 1.31. The molecule has 5 nitrogen and oxygen atoms in total. The van der Waals surface area contributed by atoms with Crippen LogP contribution in [-0.2, 0) is 11.8 Å². The van der Waals surface area contributed by atoms with E-state index in [0.717, 1.165) is 10.9 Å². The van der Waals surface area contributed by atoms with E-state index in [0.29, 0.717) is 0 Å². The molecule has 0 saturated carbocycles. The summed E-state index contributed by atoms with van der Waals surface area (Å²) in [5.74, 6) is -0.381. The molecular weight excluding hydrogens is 259 g/mol. The summed E-state index contributed by atoms with van der Waals surface area (Å²) in [7, 11) is 1.94. The zero-order chi connectivity index (χ0) is 12.8. The number of guanidine groups is 1. The van der Waals surface area contributed by atoms with Crippen molar-refractivity contribution in [2.45, 2.75) is 0 Å². The van der Waals surface area contributed by atoms with E-state index >= 15 is 0 Å². The van der Waals surface area contributed by atoms with E-state index in [2.05, 4.69) is 4.99 Å². The van der Waals surface area contributed by atoms with Gasteiger partial charge >= 0.3 is 0 Å². The van der Waals surface area contributed by atoms with Gasteiger partial charge in [-0.3, -0.25) is 4.79 Å². The van der Waals surface area contributed by atoms with Crippen LogP contribution >= 0.6 is 12.4 Å². The Kier molecular flexibility index (Phi) is 6.44. The molecule has 0 fully saturated rings. The predicted molar refractivity (Wildman–Crippen MR) is 72.0 cm³/mol. The van der Waals surface area contributed by atoms with Crippen LogP contribution in [0.5, 0.6) is 0 Å². The maximum Gasteiger partial charge on any atom is 0.236 e. The summed E-state index contributed by atoms with van der Waals surface area (Å²) in [6.45, 7) is 0. The molecule has 1 heterocycles. The van der Waals surface area contributed by atoms with Crippen LogP contribution in [0.25, 0.3) is 10.9 Å². The Morgan fingerprint density at radius 1 is 1.39 bits per heavy atom. The van der Waals surface area contributed by atoms with Gasteiger partial charge in [0.1, 0.15) is 5.82 Å². The van der Waals surface area contributed by atoms with Gasteiger partial charge in [0.2, 0.25) is 6.41 Å². The number of aryl methyl sites for hydroxylation is 1. The molecule has 98 valence electrons. The molecule has 1 amide bonds. The molecule has 0 aliphatic carbocycles. The second-order valence-corrected chi connectivity index (χ2v) is 3.29. The Labute approximate surface area is 110 Å². The number of aliphatic imine (C=N–C) groups is 1. The summed E-state index contributed by atoms with van der Waals surface area (Å²) in [5.41, 5.74) is 10.5. The molecule has 18 heavy (non-hydrogen) atoms. The summed E-state index contributed by atoms with van der Waals surface area (Å²) >= 11 is 0. The van der Waals surface area contributed by atoms with Crippen molar-refractivity contribution < 1.29 is 9.18 Å². The summed E-state index contributed by atoms with van der Waals surface area (Å²) < 4.78 is 14.6. The van der Waals surface area contributed by atoms with Crippen LogP contribution in [-0.4, -0.2) is 16.9 Å². The number of hydrogen-bond donors (Lipinski definition) is 2. The average Bonchev–Trinajstić information content (AvgIpc) is 2.60. The monoisotopic (exact) mass is 272 g/mol. The molecule has 0 spiro atoms. The van der Waals surface area contributed by atoms with Crippen molar-refractivity contribution in [3.63, 3.8) is 0 Å². The Hall–Kier alpha value is -2.08. The number of aromatic nitrogens is 1. The Morgan fingerprint density at radius 2 is 2.06 bits per heavy atom. The van der Waals surface area contributed by atoms with Gasteiger partial charge in [0.25, 0.3) is 0 Å². The van der Waals surface area contributed by atoms with Crippen LogP contribution in [0.15, 0.2) is 35.5 Å². The first-order valence-corrected chi connectivity index (χ1v) is 4.77. The van der Waals surface area contributed by atoms with Crippen LogP contribution < -0.4 is 11.5 Å². The molecule has 7 heteroatoms. The second-order valence-electron chi connectivity index (χ2n) is 3.29.